The Bertz CT molecular complexity index is 397. The van der Waals surface area contributed by atoms with Crippen molar-refractivity contribution in [2.24, 2.45) is 5.92 Å². The van der Waals surface area contributed by atoms with Crippen LogP contribution in [0.3, 0.4) is 0 Å². The molecule has 1 aliphatic rings. The van der Waals surface area contributed by atoms with Gasteiger partial charge in [-0.25, -0.2) is 4.98 Å². The minimum Gasteiger partial charge on any atom is -0.481 e. The summed E-state index contributed by atoms with van der Waals surface area (Å²) in [6.07, 6.45) is 2.91. The van der Waals surface area contributed by atoms with Crippen LogP contribution in [0.5, 0.6) is 0 Å². The number of pyridine rings is 1. The predicted octanol–water partition coefficient (Wildman–Crippen LogP) is 1.52. The van der Waals surface area contributed by atoms with Crippen LogP contribution in [0.15, 0.2) is 18.3 Å². The van der Waals surface area contributed by atoms with Crippen LogP contribution in [0.2, 0.25) is 0 Å². The number of rotatable bonds is 2. The van der Waals surface area contributed by atoms with Crippen LogP contribution < -0.4 is 4.90 Å². The van der Waals surface area contributed by atoms with Crippen LogP contribution in [-0.2, 0) is 4.79 Å². The topological polar surface area (TPSA) is 53.4 Å². The highest BCUT2D eigenvalue weighted by Gasteiger charge is 2.25. The summed E-state index contributed by atoms with van der Waals surface area (Å²) in [4.78, 5) is 16.3. The van der Waals surface area contributed by atoms with E-state index in [1.807, 2.05) is 4.90 Å². The number of anilines is 1. The highest BCUT2D eigenvalue weighted by molar-refractivity contribution is 5.71. The molecule has 0 spiro atoms. The van der Waals surface area contributed by atoms with Crippen LogP contribution in [-0.4, -0.2) is 29.1 Å². The lowest BCUT2D eigenvalue weighted by Crippen LogP contribution is -2.38. The normalized spacial score (nSPS) is 20.8. The van der Waals surface area contributed by atoms with E-state index in [1.165, 1.54) is 12.3 Å². The molecule has 5 heteroatoms. The number of halogens is 1. The number of hydrogen-bond donors (Lipinski definition) is 1. The SMILES string of the molecule is O=C(O)[C@@H]1CCCN(c2ccnc(F)c2)C1. The van der Waals surface area contributed by atoms with Gasteiger partial charge >= 0.3 is 5.97 Å². The summed E-state index contributed by atoms with van der Waals surface area (Å²) in [7, 11) is 0. The number of hydrogen-bond acceptors (Lipinski definition) is 3. The standard InChI is InChI=1S/C11H13FN2O2/c12-10-6-9(3-4-13-10)14-5-1-2-8(7-14)11(15)16/h3-4,6,8H,1-2,5,7H2,(H,15,16)/t8-/m1/s1. The molecule has 0 aliphatic carbocycles. The Hall–Kier alpha value is -1.65. The molecule has 1 aliphatic heterocycles. The van der Waals surface area contributed by atoms with E-state index < -0.39 is 11.9 Å². The fraction of sp³-hybridized carbons (Fsp3) is 0.455. The molecule has 1 aromatic rings. The molecule has 1 aromatic heterocycles. The highest BCUT2D eigenvalue weighted by Crippen LogP contribution is 2.23. The third-order valence-corrected chi connectivity index (χ3v) is 2.85. The Labute approximate surface area is 92.7 Å². The van der Waals surface area contributed by atoms with Gasteiger partial charge in [-0.1, -0.05) is 0 Å². The maximum atomic E-state index is 12.9. The molecule has 0 radical (unpaired) electrons. The minimum absolute atomic E-state index is 0.357. The smallest absolute Gasteiger partial charge is 0.308 e. The number of piperidine rings is 1. The van der Waals surface area contributed by atoms with Gasteiger partial charge in [-0.3, -0.25) is 4.79 Å². The lowest BCUT2D eigenvalue weighted by Gasteiger charge is -2.32. The summed E-state index contributed by atoms with van der Waals surface area (Å²) in [5, 5.41) is 8.94. The molecule has 1 saturated heterocycles. The lowest BCUT2D eigenvalue weighted by atomic mass is 9.98. The molecule has 2 heterocycles. The first-order valence-electron chi connectivity index (χ1n) is 5.26. The van der Waals surface area contributed by atoms with Crippen molar-refractivity contribution in [3.63, 3.8) is 0 Å². The zero-order valence-electron chi connectivity index (χ0n) is 8.77. The summed E-state index contributed by atoms with van der Waals surface area (Å²) < 4.78 is 12.9. The Balaban J connectivity index is 2.12. The van der Waals surface area contributed by atoms with E-state index in [2.05, 4.69) is 4.98 Å². The van der Waals surface area contributed by atoms with Gasteiger partial charge in [0.05, 0.1) is 5.92 Å². The van der Waals surface area contributed by atoms with Crippen LogP contribution in [0.25, 0.3) is 0 Å². The van der Waals surface area contributed by atoms with E-state index in [0.29, 0.717) is 18.7 Å². The Morgan fingerprint density at radius 3 is 3.12 bits per heavy atom. The van der Waals surface area contributed by atoms with Crippen molar-refractivity contribution >= 4 is 11.7 Å². The second-order valence-corrected chi connectivity index (χ2v) is 3.96. The summed E-state index contributed by atoms with van der Waals surface area (Å²) in [6, 6.07) is 3.04. The number of aliphatic carboxylic acids is 1. The average Bonchev–Trinajstić information content (AvgIpc) is 2.29. The van der Waals surface area contributed by atoms with Crippen molar-refractivity contribution in [3.8, 4) is 0 Å². The quantitative estimate of drug-likeness (QED) is 0.774. The molecular weight excluding hydrogens is 211 g/mol. The third-order valence-electron chi connectivity index (χ3n) is 2.85. The minimum atomic E-state index is -0.778. The number of carbonyl (C=O) groups is 1. The molecule has 1 atom stereocenters. The molecule has 1 fully saturated rings. The molecule has 0 amide bonds. The predicted molar refractivity (Wildman–Crippen MR) is 56.8 cm³/mol. The number of nitrogens with zero attached hydrogens (tertiary/aromatic N) is 2. The molecule has 0 saturated carbocycles. The number of carboxylic acid groups (broad SMARTS) is 1. The molecule has 16 heavy (non-hydrogen) atoms. The summed E-state index contributed by atoms with van der Waals surface area (Å²) in [5.41, 5.74) is 0.707. The highest BCUT2D eigenvalue weighted by atomic mass is 19.1. The number of carboxylic acids is 1. The van der Waals surface area contributed by atoms with Crippen molar-refractivity contribution in [2.45, 2.75) is 12.8 Å². The second kappa shape index (κ2) is 4.47. The van der Waals surface area contributed by atoms with E-state index in [0.717, 1.165) is 13.0 Å². The van der Waals surface area contributed by atoms with Crippen molar-refractivity contribution in [3.05, 3.63) is 24.3 Å². The zero-order valence-corrected chi connectivity index (χ0v) is 8.77. The molecular formula is C11H13FN2O2. The zero-order chi connectivity index (χ0) is 11.5. The van der Waals surface area contributed by atoms with Crippen molar-refractivity contribution in [2.75, 3.05) is 18.0 Å². The first kappa shape index (κ1) is 10.9. The van der Waals surface area contributed by atoms with E-state index in [4.69, 9.17) is 5.11 Å². The van der Waals surface area contributed by atoms with E-state index in [1.54, 1.807) is 6.07 Å². The maximum Gasteiger partial charge on any atom is 0.308 e. The summed E-state index contributed by atoms with van der Waals surface area (Å²) >= 11 is 0. The van der Waals surface area contributed by atoms with Crippen LogP contribution in [0.4, 0.5) is 10.1 Å². The van der Waals surface area contributed by atoms with Crippen molar-refractivity contribution in [1.29, 1.82) is 0 Å². The summed E-state index contributed by atoms with van der Waals surface area (Å²) in [5.74, 6) is -1.67. The molecule has 86 valence electrons. The van der Waals surface area contributed by atoms with Gasteiger partial charge in [0.1, 0.15) is 0 Å². The van der Waals surface area contributed by atoms with Gasteiger partial charge in [-0.15, -0.1) is 0 Å². The molecule has 2 rings (SSSR count). The monoisotopic (exact) mass is 224 g/mol. The molecule has 1 N–H and O–H groups in total. The van der Waals surface area contributed by atoms with Gasteiger partial charge in [0.2, 0.25) is 5.95 Å². The molecule has 0 bridgehead atoms. The first-order chi connectivity index (χ1) is 7.66. The fourth-order valence-corrected chi connectivity index (χ4v) is 2.00. The van der Waals surface area contributed by atoms with Crippen LogP contribution in [0.1, 0.15) is 12.8 Å². The molecule has 0 unspecified atom stereocenters. The second-order valence-electron chi connectivity index (χ2n) is 3.96. The summed E-state index contributed by atoms with van der Waals surface area (Å²) in [6.45, 7) is 1.21. The third kappa shape index (κ3) is 2.29. The fourth-order valence-electron chi connectivity index (χ4n) is 2.00. The van der Waals surface area contributed by atoms with Gasteiger partial charge < -0.3 is 10.0 Å². The van der Waals surface area contributed by atoms with Gasteiger partial charge in [0.15, 0.2) is 0 Å². The Kier molecular flexibility index (Phi) is 3.03. The van der Waals surface area contributed by atoms with Crippen molar-refractivity contribution < 1.29 is 14.3 Å². The average molecular weight is 224 g/mol. The van der Waals surface area contributed by atoms with Gasteiger partial charge in [0, 0.05) is 31.0 Å². The van der Waals surface area contributed by atoms with Gasteiger partial charge in [-0.2, -0.15) is 4.39 Å². The van der Waals surface area contributed by atoms with E-state index >= 15 is 0 Å². The number of aromatic nitrogens is 1. The first-order valence-corrected chi connectivity index (χ1v) is 5.26. The van der Waals surface area contributed by atoms with Crippen LogP contribution >= 0.6 is 0 Å². The maximum absolute atomic E-state index is 12.9. The van der Waals surface area contributed by atoms with Gasteiger partial charge in [0.25, 0.3) is 0 Å². The van der Waals surface area contributed by atoms with Crippen LogP contribution in [0, 0.1) is 11.9 Å². The van der Waals surface area contributed by atoms with E-state index in [9.17, 15) is 9.18 Å². The van der Waals surface area contributed by atoms with E-state index in [-0.39, 0.29) is 5.92 Å². The largest absolute Gasteiger partial charge is 0.481 e. The van der Waals surface area contributed by atoms with Crippen molar-refractivity contribution in [1.82, 2.24) is 4.98 Å². The Morgan fingerprint density at radius 1 is 1.62 bits per heavy atom. The molecule has 4 nitrogen and oxygen atoms in total. The molecule has 0 aromatic carbocycles. The lowest BCUT2D eigenvalue weighted by molar-refractivity contribution is -0.141. The van der Waals surface area contributed by atoms with Gasteiger partial charge in [-0.05, 0) is 18.9 Å². The Morgan fingerprint density at radius 2 is 2.44 bits per heavy atom.